The number of hydrogen-bond acceptors (Lipinski definition) is 2. The largest absolute Gasteiger partial charge is 0.298 e. The predicted molar refractivity (Wildman–Crippen MR) is 59.3 cm³/mol. The lowest BCUT2D eigenvalue weighted by Crippen LogP contribution is -2.45. The van der Waals surface area contributed by atoms with Crippen LogP contribution < -0.4 is 0 Å². The van der Waals surface area contributed by atoms with Crippen molar-refractivity contribution in [1.82, 2.24) is 4.90 Å². The fourth-order valence-corrected chi connectivity index (χ4v) is 1.70. The summed E-state index contributed by atoms with van der Waals surface area (Å²) in [6, 6.07) is 0. The molecular formula is C12H23NO. The molecule has 0 N–H and O–H groups in total. The molecule has 0 amide bonds. The van der Waals surface area contributed by atoms with Crippen molar-refractivity contribution >= 4 is 5.78 Å². The second-order valence-electron chi connectivity index (χ2n) is 5.52. The summed E-state index contributed by atoms with van der Waals surface area (Å²) >= 11 is 0. The number of nitrogens with zero attached hydrogens (tertiary/aromatic N) is 1. The van der Waals surface area contributed by atoms with Crippen LogP contribution in [0, 0.1) is 11.3 Å². The highest BCUT2D eigenvalue weighted by Crippen LogP contribution is 2.26. The van der Waals surface area contributed by atoms with E-state index < -0.39 is 0 Å². The second-order valence-corrected chi connectivity index (χ2v) is 5.52. The average molecular weight is 197 g/mol. The number of piperidine rings is 1. The van der Waals surface area contributed by atoms with Gasteiger partial charge < -0.3 is 0 Å². The lowest BCUT2D eigenvalue weighted by Gasteiger charge is -2.35. The zero-order chi connectivity index (χ0) is 10.8. The molecule has 82 valence electrons. The van der Waals surface area contributed by atoms with Crippen LogP contribution in [-0.2, 0) is 4.79 Å². The number of carbonyl (C=O) groups excluding carboxylic acids is 1. The quantitative estimate of drug-likeness (QED) is 0.692. The Morgan fingerprint density at radius 1 is 1.43 bits per heavy atom. The third kappa shape index (κ3) is 3.09. The molecule has 0 bridgehead atoms. The van der Waals surface area contributed by atoms with E-state index in [1.807, 2.05) is 0 Å². The molecular weight excluding hydrogens is 174 g/mol. The van der Waals surface area contributed by atoms with Crippen LogP contribution in [0.2, 0.25) is 0 Å². The Labute approximate surface area is 87.7 Å². The third-order valence-electron chi connectivity index (χ3n) is 3.20. The summed E-state index contributed by atoms with van der Waals surface area (Å²) in [7, 11) is 0. The number of likely N-dealkylation sites (tertiary alicyclic amines) is 1. The minimum absolute atomic E-state index is 0.0751. The smallest absolute Gasteiger partial charge is 0.152 e. The van der Waals surface area contributed by atoms with Crippen molar-refractivity contribution in [3.05, 3.63) is 0 Å². The first-order valence-corrected chi connectivity index (χ1v) is 5.67. The monoisotopic (exact) mass is 197 g/mol. The first-order chi connectivity index (χ1) is 6.42. The van der Waals surface area contributed by atoms with Crippen molar-refractivity contribution in [3.63, 3.8) is 0 Å². The Hall–Kier alpha value is -0.370. The van der Waals surface area contributed by atoms with E-state index in [0.717, 1.165) is 25.4 Å². The maximum atomic E-state index is 11.7. The Kier molecular flexibility index (Phi) is 3.71. The van der Waals surface area contributed by atoms with E-state index in [1.54, 1.807) is 0 Å². The number of carbonyl (C=O) groups is 1. The Bertz CT molecular complexity index is 206. The molecule has 1 heterocycles. The molecule has 1 saturated heterocycles. The fourth-order valence-electron chi connectivity index (χ4n) is 1.70. The molecule has 14 heavy (non-hydrogen) atoms. The number of rotatable bonds is 3. The molecule has 2 heteroatoms. The lowest BCUT2D eigenvalue weighted by atomic mass is 9.81. The van der Waals surface area contributed by atoms with Crippen LogP contribution in [0.15, 0.2) is 0 Å². The molecule has 0 aromatic heterocycles. The summed E-state index contributed by atoms with van der Waals surface area (Å²) in [6.45, 7) is 11.4. The molecule has 0 atom stereocenters. The standard InChI is InChI=1S/C12H23NO/c1-10(2)5-7-13-8-6-12(3,4)11(14)9-13/h10H,5-9H2,1-4H3. The van der Waals surface area contributed by atoms with Crippen molar-refractivity contribution < 1.29 is 4.79 Å². The van der Waals surface area contributed by atoms with Crippen LogP contribution in [0.3, 0.4) is 0 Å². The van der Waals surface area contributed by atoms with Crippen LogP contribution in [0.4, 0.5) is 0 Å². The normalized spacial score (nSPS) is 23.1. The van der Waals surface area contributed by atoms with Crippen molar-refractivity contribution in [2.45, 2.75) is 40.5 Å². The van der Waals surface area contributed by atoms with Gasteiger partial charge in [0.2, 0.25) is 0 Å². The Balaban J connectivity index is 2.36. The number of Topliss-reactive ketones (excluding diaryl/α,β-unsaturated/α-hetero) is 1. The van der Waals surface area contributed by atoms with Gasteiger partial charge in [0.05, 0.1) is 6.54 Å². The zero-order valence-electron chi connectivity index (χ0n) is 9.97. The maximum absolute atomic E-state index is 11.7. The first-order valence-electron chi connectivity index (χ1n) is 5.67. The SMILES string of the molecule is CC(C)CCN1CCC(C)(C)C(=O)C1. The first kappa shape index (κ1) is 11.7. The highest BCUT2D eigenvalue weighted by molar-refractivity contribution is 5.86. The van der Waals surface area contributed by atoms with E-state index in [0.29, 0.717) is 12.3 Å². The van der Waals surface area contributed by atoms with Crippen molar-refractivity contribution in [1.29, 1.82) is 0 Å². The van der Waals surface area contributed by atoms with E-state index in [1.165, 1.54) is 6.42 Å². The van der Waals surface area contributed by atoms with E-state index in [2.05, 4.69) is 32.6 Å². The summed E-state index contributed by atoms with van der Waals surface area (Å²) in [5, 5.41) is 0. The highest BCUT2D eigenvalue weighted by atomic mass is 16.1. The second kappa shape index (κ2) is 4.43. The summed E-state index contributed by atoms with van der Waals surface area (Å²) in [6.07, 6.45) is 2.22. The third-order valence-corrected chi connectivity index (χ3v) is 3.20. The zero-order valence-corrected chi connectivity index (χ0v) is 9.97. The van der Waals surface area contributed by atoms with Crippen LogP contribution in [0.5, 0.6) is 0 Å². The van der Waals surface area contributed by atoms with Gasteiger partial charge in [-0.15, -0.1) is 0 Å². The van der Waals surface area contributed by atoms with Gasteiger partial charge >= 0.3 is 0 Å². The molecule has 0 saturated carbocycles. The molecule has 0 aliphatic carbocycles. The van der Waals surface area contributed by atoms with Gasteiger partial charge in [0.15, 0.2) is 5.78 Å². The summed E-state index contributed by atoms with van der Waals surface area (Å²) in [5.74, 6) is 1.15. The maximum Gasteiger partial charge on any atom is 0.152 e. The minimum atomic E-state index is -0.0751. The lowest BCUT2D eigenvalue weighted by molar-refractivity contribution is -0.131. The van der Waals surface area contributed by atoms with Crippen LogP contribution in [0.25, 0.3) is 0 Å². The number of ketones is 1. The topological polar surface area (TPSA) is 20.3 Å². The van der Waals surface area contributed by atoms with Gasteiger partial charge in [-0.05, 0) is 31.8 Å². The van der Waals surface area contributed by atoms with Crippen LogP contribution in [-0.4, -0.2) is 30.3 Å². The van der Waals surface area contributed by atoms with E-state index in [4.69, 9.17) is 0 Å². The van der Waals surface area contributed by atoms with Gasteiger partial charge in [0.1, 0.15) is 0 Å². The van der Waals surface area contributed by atoms with Crippen molar-refractivity contribution in [2.24, 2.45) is 11.3 Å². The fraction of sp³-hybridized carbons (Fsp3) is 0.917. The van der Waals surface area contributed by atoms with Gasteiger partial charge in [0.25, 0.3) is 0 Å². The van der Waals surface area contributed by atoms with Gasteiger partial charge in [0, 0.05) is 5.41 Å². The average Bonchev–Trinajstić information content (AvgIpc) is 2.07. The molecule has 0 aromatic rings. The van der Waals surface area contributed by atoms with Crippen LogP contribution >= 0.6 is 0 Å². The molecule has 0 spiro atoms. The van der Waals surface area contributed by atoms with Gasteiger partial charge in [-0.2, -0.15) is 0 Å². The Morgan fingerprint density at radius 3 is 2.57 bits per heavy atom. The minimum Gasteiger partial charge on any atom is -0.298 e. The van der Waals surface area contributed by atoms with Crippen molar-refractivity contribution in [2.75, 3.05) is 19.6 Å². The molecule has 0 aromatic carbocycles. The molecule has 2 nitrogen and oxygen atoms in total. The predicted octanol–water partition coefficient (Wildman–Crippen LogP) is 2.33. The highest BCUT2D eigenvalue weighted by Gasteiger charge is 2.33. The molecule has 1 aliphatic heterocycles. The van der Waals surface area contributed by atoms with Crippen molar-refractivity contribution in [3.8, 4) is 0 Å². The van der Waals surface area contributed by atoms with E-state index >= 15 is 0 Å². The number of hydrogen-bond donors (Lipinski definition) is 0. The molecule has 1 fully saturated rings. The summed E-state index contributed by atoms with van der Waals surface area (Å²) in [4.78, 5) is 14.0. The molecule has 1 aliphatic rings. The van der Waals surface area contributed by atoms with Crippen LogP contribution in [0.1, 0.15) is 40.5 Å². The van der Waals surface area contributed by atoms with Gasteiger partial charge in [-0.25, -0.2) is 0 Å². The van der Waals surface area contributed by atoms with E-state index in [9.17, 15) is 4.79 Å². The van der Waals surface area contributed by atoms with E-state index in [-0.39, 0.29) is 5.41 Å². The summed E-state index contributed by atoms with van der Waals surface area (Å²) < 4.78 is 0. The molecule has 1 rings (SSSR count). The Morgan fingerprint density at radius 2 is 2.07 bits per heavy atom. The van der Waals surface area contributed by atoms with Gasteiger partial charge in [-0.3, -0.25) is 9.69 Å². The molecule has 0 radical (unpaired) electrons. The summed E-state index contributed by atoms with van der Waals surface area (Å²) in [5.41, 5.74) is -0.0751. The molecule has 0 unspecified atom stereocenters. The van der Waals surface area contributed by atoms with Gasteiger partial charge in [-0.1, -0.05) is 27.7 Å².